The molecule has 168 valence electrons. The summed E-state index contributed by atoms with van der Waals surface area (Å²) in [5.74, 6) is -2.38. The Morgan fingerprint density at radius 2 is 1.65 bits per heavy atom. The number of esters is 1. The first kappa shape index (κ1) is 22.4. The molecular formula is C23H28O8. The second kappa shape index (κ2) is 9.68. The number of fused-ring (bicyclic) bond motifs is 1. The zero-order chi connectivity index (χ0) is 22.5. The third-order valence-corrected chi connectivity index (χ3v) is 5.35. The summed E-state index contributed by atoms with van der Waals surface area (Å²) in [6, 6.07) is 4.92. The number of rotatable bonds is 8. The maximum atomic E-state index is 12.4. The molecule has 0 saturated carbocycles. The van der Waals surface area contributed by atoms with Gasteiger partial charge in [-0.25, -0.2) is 0 Å². The van der Waals surface area contributed by atoms with Crippen molar-refractivity contribution in [1.82, 2.24) is 0 Å². The van der Waals surface area contributed by atoms with Crippen molar-refractivity contribution in [3.63, 3.8) is 0 Å². The summed E-state index contributed by atoms with van der Waals surface area (Å²) in [4.78, 5) is 12.4. The summed E-state index contributed by atoms with van der Waals surface area (Å²) >= 11 is 0. The molecule has 0 bridgehead atoms. The maximum Gasteiger partial charge on any atom is 0.306 e. The SMILES string of the molecule is CCCCCCCC(=O)O[C@@H]1Cc2c(O)cc(O)cc2O[C@@H]1c1cc(O)c(O)c(O)c1. The number of hydrogen-bond donors (Lipinski definition) is 5. The highest BCUT2D eigenvalue weighted by molar-refractivity contribution is 5.70. The molecule has 0 saturated heterocycles. The van der Waals surface area contributed by atoms with Gasteiger partial charge in [-0.1, -0.05) is 32.6 Å². The lowest BCUT2D eigenvalue weighted by molar-refractivity contribution is -0.155. The van der Waals surface area contributed by atoms with Gasteiger partial charge in [0.2, 0.25) is 0 Å². The molecule has 1 aliphatic heterocycles. The lowest BCUT2D eigenvalue weighted by Gasteiger charge is -2.34. The molecule has 0 aliphatic carbocycles. The van der Waals surface area contributed by atoms with Gasteiger partial charge >= 0.3 is 5.97 Å². The maximum absolute atomic E-state index is 12.4. The highest BCUT2D eigenvalue weighted by Crippen LogP contribution is 2.45. The minimum Gasteiger partial charge on any atom is -0.508 e. The average Bonchev–Trinajstić information content (AvgIpc) is 2.71. The molecule has 1 aliphatic rings. The summed E-state index contributed by atoms with van der Waals surface area (Å²) in [7, 11) is 0. The van der Waals surface area contributed by atoms with Crippen LogP contribution in [0, 0.1) is 0 Å². The van der Waals surface area contributed by atoms with E-state index in [1.165, 1.54) is 24.3 Å². The molecule has 0 amide bonds. The Hall–Kier alpha value is -3.29. The van der Waals surface area contributed by atoms with E-state index in [1.54, 1.807) is 0 Å². The van der Waals surface area contributed by atoms with Gasteiger partial charge in [-0.15, -0.1) is 0 Å². The van der Waals surface area contributed by atoms with Crippen LogP contribution in [-0.4, -0.2) is 37.6 Å². The van der Waals surface area contributed by atoms with E-state index in [0.717, 1.165) is 25.7 Å². The Bertz CT molecular complexity index is 916. The molecule has 5 N–H and O–H groups in total. The van der Waals surface area contributed by atoms with Crippen LogP contribution in [0.25, 0.3) is 0 Å². The largest absolute Gasteiger partial charge is 0.508 e. The lowest BCUT2D eigenvalue weighted by atomic mass is 9.93. The normalized spacial score (nSPS) is 17.6. The van der Waals surface area contributed by atoms with Gasteiger partial charge in [0.15, 0.2) is 23.4 Å². The molecule has 2 aromatic carbocycles. The summed E-state index contributed by atoms with van der Waals surface area (Å²) in [5, 5.41) is 49.4. The van der Waals surface area contributed by atoms with Crippen molar-refractivity contribution in [2.75, 3.05) is 0 Å². The lowest BCUT2D eigenvalue weighted by Crippen LogP contribution is -2.34. The van der Waals surface area contributed by atoms with E-state index in [2.05, 4.69) is 6.92 Å². The van der Waals surface area contributed by atoms with Crippen molar-refractivity contribution in [3.05, 3.63) is 35.4 Å². The molecule has 0 unspecified atom stereocenters. The third kappa shape index (κ3) is 5.25. The van der Waals surface area contributed by atoms with Crippen molar-refractivity contribution in [2.45, 2.75) is 64.1 Å². The Labute approximate surface area is 180 Å². The first-order valence-corrected chi connectivity index (χ1v) is 10.5. The predicted octanol–water partition coefficient (Wildman–Crippen LogP) is 4.16. The number of carbonyl (C=O) groups is 1. The Morgan fingerprint density at radius 3 is 2.32 bits per heavy atom. The minimum atomic E-state index is -0.935. The summed E-state index contributed by atoms with van der Waals surface area (Å²) in [6.45, 7) is 2.11. The zero-order valence-corrected chi connectivity index (χ0v) is 17.4. The number of unbranched alkanes of at least 4 members (excludes halogenated alkanes) is 4. The Balaban J connectivity index is 1.84. The smallest absolute Gasteiger partial charge is 0.306 e. The number of phenols is 5. The van der Waals surface area contributed by atoms with Crippen molar-refractivity contribution in [1.29, 1.82) is 0 Å². The molecule has 2 aromatic rings. The molecular weight excluding hydrogens is 404 g/mol. The van der Waals surface area contributed by atoms with Crippen LogP contribution < -0.4 is 4.74 Å². The van der Waals surface area contributed by atoms with E-state index >= 15 is 0 Å². The second-order valence-electron chi connectivity index (χ2n) is 7.78. The van der Waals surface area contributed by atoms with Crippen LogP contribution >= 0.6 is 0 Å². The van der Waals surface area contributed by atoms with E-state index in [-0.39, 0.29) is 35.7 Å². The number of hydrogen-bond acceptors (Lipinski definition) is 8. The van der Waals surface area contributed by atoms with E-state index in [9.17, 15) is 30.3 Å². The standard InChI is InChI=1S/C23H28O8/c1-2-3-4-5-6-7-21(28)30-20-12-15-16(25)10-14(24)11-19(15)31-23(20)13-8-17(26)22(29)18(27)9-13/h8-11,20,23-27,29H,2-7,12H2,1H3/t20-,23-/m1/s1. The Morgan fingerprint density at radius 1 is 0.968 bits per heavy atom. The second-order valence-corrected chi connectivity index (χ2v) is 7.78. The van der Waals surface area contributed by atoms with Gasteiger partial charge in [0.1, 0.15) is 23.4 Å². The summed E-state index contributed by atoms with van der Waals surface area (Å²) in [5.41, 5.74) is 0.643. The van der Waals surface area contributed by atoms with Crippen LogP contribution in [0.3, 0.4) is 0 Å². The van der Waals surface area contributed by atoms with Gasteiger partial charge in [0.05, 0.1) is 0 Å². The molecule has 0 aromatic heterocycles. The van der Waals surface area contributed by atoms with Crippen LogP contribution in [0.2, 0.25) is 0 Å². The molecule has 1 heterocycles. The van der Waals surface area contributed by atoms with E-state index in [4.69, 9.17) is 9.47 Å². The first-order valence-electron chi connectivity index (χ1n) is 10.5. The predicted molar refractivity (Wildman–Crippen MR) is 112 cm³/mol. The molecule has 31 heavy (non-hydrogen) atoms. The minimum absolute atomic E-state index is 0.107. The van der Waals surface area contributed by atoms with Gasteiger partial charge in [-0.3, -0.25) is 4.79 Å². The highest BCUT2D eigenvalue weighted by Gasteiger charge is 2.36. The summed E-state index contributed by atoms with van der Waals surface area (Å²) < 4.78 is 11.6. The van der Waals surface area contributed by atoms with E-state index in [1.807, 2.05) is 0 Å². The van der Waals surface area contributed by atoms with Crippen LogP contribution in [0.1, 0.15) is 62.7 Å². The molecule has 0 fully saturated rings. The highest BCUT2D eigenvalue weighted by atomic mass is 16.6. The Kier molecular flexibility index (Phi) is 6.99. The molecule has 2 atom stereocenters. The fourth-order valence-corrected chi connectivity index (χ4v) is 3.72. The number of phenolic OH excluding ortho intramolecular Hbond substituents is 5. The molecule has 8 nitrogen and oxygen atoms in total. The van der Waals surface area contributed by atoms with Gasteiger partial charge in [0.25, 0.3) is 0 Å². The van der Waals surface area contributed by atoms with Crippen molar-refractivity contribution >= 4 is 5.97 Å². The van der Waals surface area contributed by atoms with Crippen LogP contribution in [0.4, 0.5) is 0 Å². The quantitative estimate of drug-likeness (QED) is 0.238. The number of carbonyl (C=O) groups excluding carboxylic acids is 1. The van der Waals surface area contributed by atoms with Gasteiger partial charge in [-0.05, 0) is 18.6 Å². The molecule has 3 rings (SSSR count). The fourth-order valence-electron chi connectivity index (χ4n) is 3.72. The van der Waals surface area contributed by atoms with Gasteiger partial charge in [-0.2, -0.15) is 0 Å². The van der Waals surface area contributed by atoms with E-state index in [0.29, 0.717) is 12.0 Å². The van der Waals surface area contributed by atoms with Crippen LogP contribution in [0.5, 0.6) is 34.5 Å². The van der Waals surface area contributed by atoms with Crippen molar-refractivity contribution in [3.8, 4) is 34.5 Å². The molecule has 8 heteroatoms. The number of aromatic hydroxyl groups is 5. The monoisotopic (exact) mass is 432 g/mol. The van der Waals surface area contributed by atoms with Crippen LogP contribution in [0.15, 0.2) is 24.3 Å². The first-order chi connectivity index (χ1) is 14.8. The summed E-state index contributed by atoms with van der Waals surface area (Å²) in [6.07, 6.45) is 3.47. The average molecular weight is 432 g/mol. The fraction of sp³-hybridized carbons (Fsp3) is 0.435. The molecule has 0 spiro atoms. The van der Waals surface area contributed by atoms with Crippen LogP contribution in [-0.2, 0) is 16.0 Å². The van der Waals surface area contributed by atoms with Crippen molar-refractivity contribution < 1.29 is 39.8 Å². The van der Waals surface area contributed by atoms with E-state index < -0.39 is 35.4 Å². The zero-order valence-electron chi connectivity index (χ0n) is 17.4. The van der Waals surface area contributed by atoms with Crippen molar-refractivity contribution in [2.24, 2.45) is 0 Å². The van der Waals surface area contributed by atoms with Gasteiger partial charge < -0.3 is 35.0 Å². The molecule has 0 radical (unpaired) electrons. The number of ether oxygens (including phenoxy) is 2. The van der Waals surface area contributed by atoms with Gasteiger partial charge in [0, 0.05) is 36.1 Å². The third-order valence-electron chi connectivity index (χ3n) is 5.35. The topological polar surface area (TPSA) is 137 Å². The number of benzene rings is 2.